The van der Waals surface area contributed by atoms with Gasteiger partial charge in [-0.1, -0.05) is 12.1 Å². The Hall–Kier alpha value is -2.14. The molecule has 0 unspecified atom stereocenters. The average molecular weight is 350 g/mol. The van der Waals surface area contributed by atoms with Crippen LogP contribution in [0.1, 0.15) is 35.6 Å². The van der Waals surface area contributed by atoms with Gasteiger partial charge in [-0.25, -0.2) is 0 Å². The van der Waals surface area contributed by atoms with Crippen LogP contribution < -0.4 is 9.64 Å². The van der Waals surface area contributed by atoms with Crippen molar-refractivity contribution in [2.24, 2.45) is 0 Å². The zero-order valence-corrected chi connectivity index (χ0v) is 15.4. The Balaban J connectivity index is 1.11. The molecule has 136 valence electrons. The predicted octanol–water partition coefficient (Wildman–Crippen LogP) is 2.65. The van der Waals surface area contributed by atoms with Crippen molar-refractivity contribution in [3.05, 3.63) is 47.2 Å². The molecule has 1 aromatic heterocycles. The molecule has 5 rings (SSSR count). The van der Waals surface area contributed by atoms with Crippen molar-refractivity contribution in [3.8, 4) is 5.75 Å². The van der Waals surface area contributed by atoms with E-state index in [4.69, 9.17) is 4.74 Å². The van der Waals surface area contributed by atoms with E-state index in [2.05, 4.69) is 57.4 Å². The summed E-state index contributed by atoms with van der Waals surface area (Å²) in [6.07, 6.45) is 4.71. The highest BCUT2D eigenvalue weighted by Gasteiger charge is 2.31. The highest BCUT2D eigenvalue weighted by atomic mass is 16.5. The molecule has 1 aliphatic carbocycles. The number of ether oxygens (including phenoxy) is 1. The smallest absolute Gasteiger partial charge is 0.151 e. The van der Waals surface area contributed by atoms with Gasteiger partial charge >= 0.3 is 0 Å². The topological polar surface area (TPSA) is 41.5 Å². The fourth-order valence-electron chi connectivity index (χ4n) is 3.91. The molecule has 0 spiro atoms. The van der Waals surface area contributed by atoms with Gasteiger partial charge in [0.05, 0.1) is 12.3 Å². The van der Waals surface area contributed by atoms with Gasteiger partial charge in [-0.3, -0.25) is 4.90 Å². The standard InChI is InChI=1S/C21H26N4O/c1-24(10-8-15-2-6-20-17(12-15)9-11-26-20)18-13-25(14-18)21-7-5-19(22-23-21)16-3-4-16/h2,5-7,12,16,18H,3-4,8-11,13-14H2,1H3. The van der Waals surface area contributed by atoms with E-state index in [0.29, 0.717) is 12.0 Å². The van der Waals surface area contributed by atoms with E-state index in [1.807, 2.05) is 0 Å². The molecule has 0 atom stereocenters. The van der Waals surface area contributed by atoms with Gasteiger partial charge in [-0.2, -0.15) is 5.10 Å². The van der Waals surface area contributed by atoms with Crippen molar-refractivity contribution in [1.29, 1.82) is 0 Å². The molecule has 0 amide bonds. The van der Waals surface area contributed by atoms with Gasteiger partial charge in [-0.05, 0) is 55.6 Å². The summed E-state index contributed by atoms with van der Waals surface area (Å²) in [6.45, 7) is 4.02. The summed E-state index contributed by atoms with van der Waals surface area (Å²) in [4.78, 5) is 4.81. The number of anilines is 1. The number of hydrogen-bond donors (Lipinski definition) is 0. The second-order valence-electron chi connectivity index (χ2n) is 7.92. The zero-order chi connectivity index (χ0) is 17.5. The molecule has 2 aromatic rings. The molecule has 5 heteroatoms. The molecule has 0 N–H and O–H groups in total. The maximum absolute atomic E-state index is 5.59. The lowest BCUT2D eigenvalue weighted by Gasteiger charge is -2.44. The summed E-state index contributed by atoms with van der Waals surface area (Å²) in [7, 11) is 2.24. The SMILES string of the molecule is CN(CCc1ccc2c(c1)CCO2)C1CN(c2ccc(C3CC3)nn2)C1. The fraction of sp³-hybridized carbons (Fsp3) is 0.524. The minimum absolute atomic E-state index is 0.609. The van der Waals surface area contributed by atoms with Crippen molar-refractivity contribution in [2.75, 3.05) is 38.2 Å². The molecule has 3 heterocycles. The largest absolute Gasteiger partial charge is 0.493 e. The van der Waals surface area contributed by atoms with Crippen LogP contribution in [-0.2, 0) is 12.8 Å². The van der Waals surface area contributed by atoms with E-state index in [0.717, 1.165) is 50.7 Å². The Labute approximate surface area is 155 Å². The van der Waals surface area contributed by atoms with Crippen molar-refractivity contribution < 1.29 is 4.74 Å². The van der Waals surface area contributed by atoms with Gasteiger partial charge in [0.2, 0.25) is 0 Å². The third-order valence-electron chi connectivity index (χ3n) is 5.98. The van der Waals surface area contributed by atoms with E-state index < -0.39 is 0 Å². The van der Waals surface area contributed by atoms with Gasteiger partial charge in [-0.15, -0.1) is 5.10 Å². The van der Waals surface area contributed by atoms with Crippen LogP contribution in [0.25, 0.3) is 0 Å². The molecule has 1 aromatic carbocycles. The molecule has 2 aliphatic heterocycles. The van der Waals surface area contributed by atoms with Gasteiger partial charge in [0.25, 0.3) is 0 Å². The first-order chi connectivity index (χ1) is 12.8. The third-order valence-corrected chi connectivity index (χ3v) is 5.98. The predicted molar refractivity (Wildman–Crippen MR) is 102 cm³/mol. The Morgan fingerprint density at radius 2 is 2.04 bits per heavy atom. The average Bonchev–Trinajstić information content (AvgIpc) is 3.37. The molecule has 2 fully saturated rings. The summed E-state index contributed by atoms with van der Waals surface area (Å²) >= 11 is 0. The monoisotopic (exact) mass is 350 g/mol. The lowest BCUT2D eigenvalue weighted by molar-refractivity contribution is 0.206. The van der Waals surface area contributed by atoms with E-state index in [9.17, 15) is 0 Å². The minimum atomic E-state index is 0.609. The molecule has 0 radical (unpaired) electrons. The van der Waals surface area contributed by atoms with E-state index in [1.54, 1.807) is 0 Å². The number of rotatable bonds is 6. The number of nitrogens with zero attached hydrogens (tertiary/aromatic N) is 4. The molecule has 0 bridgehead atoms. The summed E-state index contributed by atoms with van der Waals surface area (Å²) < 4.78 is 5.59. The van der Waals surface area contributed by atoms with E-state index in [-0.39, 0.29) is 0 Å². The molecular weight excluding hydrogens is 324 g/mol. The highest BCUT2D eigenvalue weighted by Crippen LogP contribution is 2.38. The molecule has 3 aliphatic rings. The van der Waals surface area contributed by atoms with E-state index in [1.165, 1.54) is 29.7 Å². The zero-order valence-electron chi connectivity index (χ0n) is 15.4. The van der Waals surface area contributed by atoms with Crippen molar-refractivity contribution in [1.82, 2.24) is 15.1 Å². The van der Waals surface area contributed by atoms with Crippen LogP contribution >= 0.6 is 0 Å². The molecule has 5 nitrogen and oxygen atoms in total. The van der Waals surface area contributed by atoms with Gasteiger partial charge in [0, 0.05) is 38.0 Å². The van der Waals surface area contributed by atoms with Crippen LogP contribution in [0.4, 0.5) is 5.82 Å². The Morgan fingerprint density at radius 3 is 2.81 bits per heavy atom. The Morgan fingerprint density at radius 1 is 1.15 bits per heavy atom. The van der Waals surface area contributed by atoms with Crippen LogP contribution in [0.5, 0.6) is 5.75 Å². The van der Waals surface area contributed by atoms with E-state index >= 15 is 0 Å². The first-order valence-corrected chi connectivity index (χ1v) is 9.80. The summed E-state index contributed by atoms with van der Waals surface area (Å²) in [5.41, 5.74) is 3.95. The van der Waals surface area contributed by atoms with Crippen LogP contribution in [0.2, 0.25) is 0 Å². The van der Waals surface area contributed by atoms with Crippen molar-refractivity contribution in [2.45, 2.75) is 37.6 Å². The highest BCUT2D eigenvalue weighted by molar-refractivity contribution is 5.42. The number of benzene rings is 1. The molecule has 26 heavy (non-hydrogen) atoms. The first-order valence-electron chi connectivity index (χ1n) is 9.80. The minimum Gasteiger partial charge on any atom is -0.493 e. The number of fused-ring (bicyclic) bond motifs is 1. The Kier molecular flexibility index (Phi) is 4.04. The molecular formula is C21H26N4O. The maximum atomic E-state index is 5.59. The number of likely N-dealkylation sites (N-methyl/N-ethyl adjacent to an activating group) is 1. The van der Waals surface area contributed by atoms with Gasteiger partial charge < -0.3 is 9.64 Å². The van der Waals surface area contributed by atoms with Crippen molar-refractivity contribution >= 4 is 5.82 Å². The first kappa shape index (κ1) is 16.1. The van der Waals surface area contributed by atoms with Crippen LogP contribution in [0, 0.1) is 0 Å². The summed E-state index contributed by atoms with van der Waals surface area (Å²) in [5, 5.41) is 8.83. The third kappa shape index (κ3) is 3.16. The summed E-state index contributed by atoms with van der Waals surface area (Å²) in [5.74, 6) is 2.78. The molecule has 1 saturated heterocycles. The van der Waals surface area contributed by atoms with Crippen LogP contribution in [-0.4, -0.2) is 54.4 Å². The second-order valence-corrected chi connectivity index (χ2v) is 7.92. The second kappa shape index (κ2) is 6.54. The fourth-order valence-corrected chi connectivity index (χ4v) is 3.91. The number of aromatic nitrogens is 2. The molecule has 1 saturated carbocycles. The maximum Gasteiger partial charge on any atom is 0.151 e. The van der Waals surface area contributed by atoms with Gasteiger partial charge in [0.1, 0.15) is 5.75 Å². The van der Waals surface area contributed by atoms with Gasteiger partial charge in [0.15, 0.2) is 5.82 Å². The Bertz CT molecular complexity index is 781. The van der Waals surface area contributed by atoms with Crippen molar-refractivity contribution in [3.63, 3.8) is 0 Å². The summed E-state index contributed by atoms with van der Waals surface area (Å²) in [6, 6.07) is 11.6. The van der Waals surface area contributed by atoms with Crippen LogP contribution in [0.3, 0.4) is 0 Å². The lowest BCUT2D eigenvalue weighted by Crippen LogP contribution is -2.59. The number of hydrogen-bond acceptors (Lipinski definition) is 5. The normalized spacial score (nSPS) is 19.4. The van der Waals surface area contributed by atoms with Crippen LogP contribution in [0.15, 0.2) is 30.3 Å². The lowest BCUT2D eigenvalue weighted by atomic mass is 10.0. The quantitative estimate of drug-likeness (QED) is 0.801.